The Morgan fingerprint density at radius 2 is 1.86 bits per heavy atom. The lowest BCUT2D eigenvalue weighted by atomic mass is 10.2. The van der Waals surface area contributed by atoms with Crippen molar-refractivity contribution in [2.45, 2.75) is 58.7 Å². The summed E-state index contributed by atoms with van der Waals surface area (Å²) in [5.74, 6) is 0.100. The van der Waals surface area contributed by atoms with Crippen LogP contribution in [0.25, 0.3) is 0 Å². The highest BCUT2D eigenvalue weighted by atomic mass is 19.4. The summed E-state index contributed by atoms with van der Waals surface area (Å²) in [5, 5.41) is 2.91. The van der Waals surface area contributed by atoms with Gasteiger partial charge in [-0.25, -0.2) is 4.98 Å². The van der Waals surface area contributed by atoms with E-state index >= 15 is 0 Å². The van der Waals surface area contributed by atoms with Gasteiger partial charge in [0.1, 0.15) is 11.3 Å². The SMILES string of the molecule is CCCCCCOc1nc(Nc2ccccc2OC(C)C)ncc1C(F)(F)F. The summed E-state index contributed by atoms with van der Waals surface area (Å²) in [5.41, 5.74) is -0.426. The molecule has 0 atom stereocenters. The number of halogens is 3. The number of alkyl halides is 3. The number of aromatic nitrogens is 2. The van der Waals surface area contributed by atoms with Crippen LogP contribution in [0.3, 0.4) is 0 Å². The van der Waals surface area contributed by atoms with Gasteiger partial charge >= 0.3 is 6.18 Å². The zero-order valence-corrected chi connectivity index (χ0v) is 16.3. The first kappa shape index (κ1) is 21.8. The van der Waals surface area contributed by atoms with E-state index in [9.17, 15) is 13.2 Å². The Balaban J connectivity index is 2.20. The summed E-state index contributed by atoms with van der Waals surface area (Å²) >= 11 is 0. The van der Waals surface area contributed by atoms with Gasteiger partial charge < -0.3 is 14.8 Å². The molecule has 2 aromatic rings. The number of para-hydroxylation sites is 2. The summed E-state index contributed by atoms with van der Waals surface area (Å²) in [6.45, 7) is 6.00. The second-order valence-electron chi connectivity index (χ2n) is 6.61. The molecule has 5 nitrogen and oxygen atoms in total. The van der Waals surface area contributed by atoms with Crippen molar-refractivity contribution in [2.75, 3.05) is 11.9 Å². The third kappa shape index (κ3) is 6.58. The van der Waals surface area contributed by atoms with Gasteiger partial charge in [0.25, 0.3) is 0 Å². The predicted molar refractivity (Wildman–Crippen MR) is 102 cm³/mol. The van der Waals surface area contributed by atoms with Crippen LogP contribution in [0.5, 0.6) is 11.6 Å². The Labute approximate surface area is 163 Å². The van der Waals surface area contributed by atoms with Gasteiger partial charge in [0.05, 0.1) is 18.4 Å². The average Bonchev–Trinajstić information content (AvgIpc) is 2.62. The maximum Gasteiger partial charge on any atom is 0.423 e. The number of ether oxygens (including phenoxy) is 2. The fraction of sp³-hybridized carbons (Fsp3) is 0.500. The molecule has 0 spiro atoms. The lowest BCUT2D eigenvalue weighted by molar-refractivity contribution is -0.139. The summed E-state index contributed by atoms with van der Waals surface area (Å²) in [7, 11) is 0. The van der Waals surface area contributed by atoms with Crippen LogP contribution in [-0.2, 0) is 6.18 Å². The summed E-state index contributed by atoms with van der Waals surface area (Å²) < 4.78 is 50.8. The van der Waals surface area contributed by atoms with Crippen molar-refractivity contribution in [2.24, 2.45) is 0 Å². The molecule has 0 saturated carbocycles. The van der Waals surface area contributed by atoms with Crippen molar-refractivity contribution >= 4 is 11.6 Å². The Hall–Kier alpha value is -2.51. The summed E-state index contributed by atoms with van der Waals surface area (Å²) in [4.78, 5) is 7.75. The Morgan fingerprint density at radius 3 is 2.54 bits per heavy atom. The van der Waals surface area contributed by atoms with Crippen molar-refractivity contribution in [1.82, 2.24) is 9.97 Å². The van der Waals surface area contributed by atoms with Crippen molar-refractivity contribution < 1.29 is 22.6 Å². The number of benzene rings is 1. The number of unbranched alkanes of at least 4 members (excludes halogenated alkanes) is 3. The maximum atomic E-state index is 13.2. The van der Waals surface area contributed by atoms with Crippen LogP contribution < -0.4 is 14.8 Å². The fourth-order valence-corrected chi connectivity index (χ4v) is 2.48. The molecule has 0 radical (unpaired) electrons. The first-order chi connectivity index (χ1) is 13.3. The lowest BCUT2D eigenvalue weighted by Gasteiger charge is -2.16. The van der Waals surface area contributed by atoms with Crippen LogP contribution in [-0.4, -0.2) is 22.7 Å². The normalized spacial score (nSPS) is 11.5. The fourth-order valence-electron chi connectivity index (χ4n) is 2.48. The van der Waals surface area contributed by atoms with Crippen molar-refractivity contribution in [3.8, 4) is 11.6 Å². The molecule has 0 bridgehead atoms. The molecule has 1 aromatic carbocycles. The second kappa shape index (κ2) is 10.1. The van der Waals surface area contributed by atoms with E-state index in [-0.39, 0.29) is 18.7 Å². The van der Waals surface area contributed by atoms with E-state index in [1.807, 2.05) is 13.8 Å². The van der Waals surface area contributed by atoms with Crippen LogP contribution in [0.2, 0.25) is 0 Å². The Morgan fingerprint density at radius 1 is 1.11 bits per heavy atom. The van der Waals surface area contributed by atoms with Gasteiger partial charge in [-0.1, -0.05) is 38.3 Å². The molecule has 0 aliphatic carbocycles. The quantitative estimate of drug-likeness (QED) is 0.500. The minimum Gasteiger partial charge on any atom is -0.489 e. The van der Waals surface area contributed by atoms with Gasteiger partial charge in [0, 0.05) is 6.20 Å². The molecule has 1 heterocycles. The van der Waals surface area contributed by atoms with E-state index in [1.54, 1.807) is 24.3 Å². The van der Waals surface area contributed by atoms with Crippen LogP contribution in [0.15, 0.2) is 30.5 Å². The van der Waals surface area contributed by atoms with Crippen molar-refractivity contribution in [1.29, 1.82) is 0 Å². The standard InChI is InChI=1S/C20H26F3N3O2/c1-4-5-6-9-12-27-18-15(20(21,22)23)13-24-19(26-18)25-16-10-7-8-11-17(16)28-14(2)3/h7-8,10-11,13-14H,4-6,9,12H2,1-3H3,(H,24,25,26). The first-order valence-corrected chi connectivity index (χ1v) is 9.41. The zero-order chi connectivity index (χ0) is 20.6. The topological polar surface area (TPSA) is 56.3 Å². The minimum absolute atomic E-state index is 0.0105. The number of anilines is 2. The van der Waals surface area contributed by atoms with Crippen LogP contribution >= 0.6 is 0 Å². The highest BCUT2D eigenvalue weighted by Crippen LogP contribution is 2.36. The number of hydrogen-bond acceptors (Lipinski definition) is 5. The Kier molecular flexibility index (Phi) is 7.90. The molecular formula is C20H26F3N3O2. The molecular weight excluding hydrogens is 371 g/mol. The highest BCUT2D eigenvalue weighted by Gasteiger charge is 2.36. The van der Waals surface area contributed by atoms with E-state index in [0.29, 0.717) is 17.9 Å². The van der Waals surface area contributed by atoms with Gasteiger partial charge in [0.2, 0.25) is 11.8 Å². The number of nitrogens with one attached hydrogen (secondary N) is 1. The molecule has 0 aliphatic heterocycles. The molecule has 8 heteroatoms. The molecule has 154 valence electrons. The minimum atomic E-state index is -4.59. The maximum absolute atomic E-state index is 13.2. The third-order valence-corrected chi connectivity index (χ3v) is 3.79. The average molecular weight is 397 g/mol. The van der Waals surface area contributed by atoms with Crippen LogP contribution in [0.4, 0.5) is 24.8 Å². The number of hydrogen-bond donors (Lipinski definition) is 1. The van der Waals surface area contributed by atoms with Gasteiger partial charge in [0.15, 0.2) is 0 Å². The van der Waals surface area contributed by atoms with Crippen molar-refractivity contribution in [3.63, 3.8) is 0 Å². The van der Waals surface area contributed by atoms with E-state index in [0.717, 1.165) is 25.5 Å². The molecule has 0 fully saturated rings. The highest BCUT2D eigenvalue weighted by molar-refractivity contribution is 5.62. The Bertz CT molecular complexity index is 752. The van der Waals surface area contributed by atoms with Gasteiger partial charge in [-0.3, -0.25) is 0 Å². The largest absolute Gasteiger partial charge is 0.489 e. The second-order valence-corrected chi connectivity index (χ2v) is 6.61. The van der Waals surface area contributed by atoms with Gasteiger partial charge in [-0.2, -0.15) is 18.2 Å². The van der Waals surface area contributed by atoms with E-state index in [4.69, 9.17) is 9.47 Å². The van der Waals surface area contributed by atoms with Gasteiger partial charge in [-0.05, 0) is 32.4 Å². The molecule has 1 aromatic heterocycles. The van der Waals surface area contributed by atoms with Crippen LogP contribution in [0, 0.1) is 0 Å². The van der Waals surface area contributed by atoms with E-state index < -0.39 is 17.6 Å². The smallest absolute Gasteiger partial charge is 0.423 e. The molecule has 0 saturated heterocycles. The molecule has 28 heavy (non-hydrogen) atoms. The lowest BCUT2D eigenvalue weighted by Crippen LogP contribution is -2.13. The summed E-state index contributed by atoms with van der Waals surface area (Å²) in [6, 6.07) is 7.09. The number of nitrogens with zero attached hydrogens (tertiary/aromatic N) is 2. The molecule has 1 N–H and O–H groups in total. The monoisotopic (exact) mass is 397 g/mol. The van der Waals surface area contributed by atoms with Crippen LogP contribution in [0.1, 0.15) is 52.0 Å². The van der Waals surface area contributed by atoms with Crippen molar-refractivity contribution in [3.05, 3.63) is 36.0 Å². The summed E-state index contributed by atoms with van der Waals surface area (Å²) in [6.07, 6.45) is -0.292. The molecule has 0 aliphatic rings. The molecule has 0 amide bonds. The molecule has 2 rings (SSSR count). The van der Waals surface area contributed by atoms with Gasteiger partial charge in [-0.15, -0.1) is 0 Å². The molecule has 0 unspecified atom stereocenters. The number of rotatable bonds is 10. The predicted octanol–water partition coefficient (Wildman–Crippen LogP) is 5.99. The van der Waals surface area contributed by atoms with E-state index in [1.165, 1.54) is 0 Å². The zero-order valence-electron chi connectivity index (χ0n) is 16.3. The van der Waals surface area contributed by atoms with E-state index in [2.05, 4.69) is 22.2 Å². The third-order valence-electron chi connectivity index (χ3n) is 3.79. The first-order valence-electron chi connectivity index (χ1n) is 9.41.